The first kappa shape index (κ1) is 17.2. The quantitative estimate of drug-likeness (QED) is 0.464. The second kappa shape index (κ2) is 7.57. The highest BCUT2D eigenvalue weighted by Gasteiger charge is 2.27. The summed E-state index contributed by atoms with van der Waals surface area (Å²) in [5.74, 6) is -0.382. The highest BCUT2D eigenvalue weighted by atomic mass is 16.6. The van der Waals surface area contributed by atoms with Crippen LogP contribution in [-0.2, 0) is 14.3 Å². The van der Waals surface area contributed by atoms with Gasteiger partial charge in [-0.1, -0.05) is 27.4 Å². The molecule has 0 fully saturated rings. The molecule has 0 aromatic carbocycles. The van der Waals surface area contributed by atoms with Crippen molar-refractivity contribution in [1.29, 1.82) is 0 Å². The third-order valence-corrected chi connectivity index (χ3v) is 3.59. The highest BCUT2D eigenvalue weighted by molar-refractivity contribution is 5.81. The number of ether oxygens (including phenoxy) is 2. The zero-order valence-corrected chi connectivity index (χ0v) is 12.5. The van der Waals surface area contributed by atoms with Crippen LogP contribution in [0.5, 0.6) is 0 Å². The number of hydrogen-bond acceptors (Lipinski definition) is 3. The lowest BCUT2D eigenvalue weighted by Gasteiger charge is -2.33. The van der Waals surface area contributed by atoms with Crippen molar-refractivity contribution in [1.82, 2.24) is 0 Å². The van der Waals surface area contributed by atoms with Crippen LogP contribution in [0.25, 0.3) is 0 Å². The van der Waals surface area contributed by atoms with Crippen LogP contribution < -0.4 is 0 Å². The highest BCUT2D eigenvalue weighted by Crippen LogP contribution is 2.26. The van der Waals surface area contributed by atoms with E-state index in [1.807, 2.05) is 13.8 Å². The van der Waals surface area contributed by atoms with Crippen molar-refractivity contribution in [3.63, 3.8) is 0 Å². The maximum atomic E-state index is 11.2. The van der Waals surface area contributed by atoms with Gasteiger partial charge in [-0.05, 0) is 33.1 Å². The Morgan fingerprint density at radius 3 is 2.06 bits per heavy atom. The van der Waals surface area contributed by atoms with Crippen molar-refractivity contribution < 1.29 is 14.3 Å². The first-order valence-corrected chi connectivity index (χ1v) is 6.84. The molecule has 0 aromatic heterocycles. The fourth-order valence-electron chi connectivity index (χ4n) is 1.93. The number of rotatable bonds is 9. The molecule has 3 heteroatoms. The van der Waals surface area contributed by atoms with E-state index in [0.717, 1.165) is 19.3 Å². The molecule has 0 rings (SSSR count). The van der Waals surface area contributed by atoms with E-state index in [4.69, 9.17) is 9.47 Å². The molecule has 106 valence electrons. The Labute approximate surface area is 112 Å². The van der Waals surface area contributed by atoms with Gasteiger partial charge in [0.05, 0.1) is 12.2 Å². The van der Waals surface area contributed by atoms with E-state index >= 15 is 0 Å². The fourth-order valence-corrected chi connectivity index (χ4v) is 1.93. The molecule has 0 amide bonds. The van der Waals surface area contributed by atoms with Gasteiger partial charge in [-0.15, -0.1) is 0 Å². The summed E-state index contributed by atoms with van der Waals surface area (Å²) in [6.45, 7) is 14.2. The third-order valence-electron chi connectivity index (χ3n) is 3.59. The lowest BCUT2D eigenvalue weighted by Crippen LogP contribution is -2.34. The standard InChI is InChI=1S/C15H28O3/c1-7-13(16)18-14(5,6)11-12-17-15(8-2,9-3)10-4/h7H,1,8-12H2,2-6H3. The average molecular weight is 256 g/mol. The van der Waals surface area contributed by atoms with Gasteiger partial charge in [-0.25, -0.2) is 4.79 Å². The topological polar surface area (TPSA) is 35.5 Å². The van der Waals surface area contributed by atoms with Crippen LogP contribution in [0.1, 0.15) is 60.3 Å². The summed E-state index contributed by atoms with van der Waals surface area (Å²) in [6, 6.07) is 0. The van der Waals surface area contributed by atoms with Crippen LogP contribution in [0.2, 0.25) is 0 Å². The van der Waals surface area contributed by atoms with Gasteiger partial charge in [0.2, 0.25) is 0 Å². The van der Waals surface area contributed by atoms with Gasteiger partial charge in [0.1, 0.15) is 5.60 Å². The predicted octanol–water partition coefficient (Wildman–Crippen LogP) is 3.87. The summed E-state index contributed by atoms with van der Waals surface area (Å²) in [7, 11) is 0. The maximum absolute atomic E-state index is 11.2. The minimum Gasteiger partial charge on any atom is -0.456 e. The average Bonchev–Trinajstić information content (AvgIpc) is 2.34. The number of hydrogen-bond donors (Lipinski definition) is 0. The molecular formula is C15H28O3. The molecule has 3 nitrogen and oxygen atoms in total. The molecule has 0 aliphatic carbocycles. The molecule has 0 N–H and O–H groups in total. The lowest BCUT2D eigenvalue weighted by atomic mass is 9.94. The molecule has 0 atom stereocenters. The Kier molecular flexibility index (Phi) is 7.22. The summed E-state index contributed by atoms with van der Waals surface area (Å²) < 4.78 is 11.3. The molecule has 0 radical (unpaired) electrons. The van der Waals surface area contributed by atoms with Crippen LogP contribution in [0, 0.1) is 0 Å². The molecule has 0 aromatic rings. The maximum Gasteiger partial charge on any atom is 0.330 e. The van der Waals surface area contributed by atoms with Crippen molar-refractivity contribution in [2.75, 3.05) is 6.61 Å². The van der Waals surface area contributed by atoms with Crippen molar-refractivity contribution in [2.24, 2.45) is 0 Å². The van der Waals surface area contributed by atoms with Gasteiger partial charge >= 0.3 is 5.97 Å². The SMILES string of the molecule is C=CC(=O)OC(C)(C)CCOC(CC)(CC)CC. The second-order valence-electron chi connectivity index (χ2n) is 5.23. The number of carbonyl (C=O) groups excluding carboxylic acids is 1. The Morgan fingerprint density at radius 2 is 1.67 bits per heavy atom. The van der Waals surface area contributed by atoms with E-state index in [9.17, 15) is 4.79 Å². The Balaban J connectivity index is 4.23. The number of esters is 1. The van der Waals surface area contributed by atoms with E-state index in [1.54, 1.807) is 0 Å². The Bertz CT molecular complexity index is 257. The largest absolute Gasteiger partial charge is 0.456 e. The first-order chi connectivity index (χ1) is 8.34. The van der Waals surface area contributed by atoms with E-state index < -0.39 is 5.60 Å². The van der Waals surface area contributed by atoms with Crippen LogP contribution >= 0.6 is 0 Å². The van der Waals surface area contributed by atoms with Crippen LogP contribution in [0.3, 0.4) is 0 Å². The monoisotopic (exact) mass is 256 g/mol. The van der Waals surface area contributed by atoms with Crippen LogP contribution in [0.15, 0.2) is 12.7 Å². The summed E-state index contributed by atoms with van der Waals surface area (Å²) >= 11 is 0. The Hall–Kier alpha value is -0.830. The molecule has 0 bridgehead atoms. The third kappa shape index (κ3) is 5.67. The molecule has 0 saturated heterocycles. The van der Waals surface area contributed by atoms with E-state index in [-0.39, 0.29) is 11.6 Å². The molecule has 18 heavy (non-hydrogen) atoms. The van der Waals surface area contributed by atoms with Gasteiger partial charge in [-0.3, -0.25) is 0 Å². The van der Waals surface area contributed by atoms with Gasteiger partial charge in [0.15, 0.2) is 0 Å². The van der Waals surface area contributed by atoms with Gasteiger partial charge in [-0.2, -0.15) is 0 Å². The molecule has 0 aliphatic heterocycles. The summed E-state index contributed by atoms with van der Waals surface area (Å²) in [4.78, 5) is 11.2. The second-order valence-corrected chi connectivity index (χ2v) is 5.23. The lowest BCUT2D eigenvalue weighted by molar-refractivity contribution is -0.153. The van der Waals surface area contributed by atoms with Gasteiger partial charge in [0, 0.05) is 12.5 Å². The summed E-state index contributed by atoms with van der Waals surface area (Å²) in [5, 5.41) is 0. The van der Waals surface area contributed by atoms with Crippen molar-refractivity contribution in [3.05, 3.63) is 12.7 Å². The molecule has 0 heterocycles. The number of carbonyl (C=O) groups is 1. The van der Waals surface area contributed by atoms with E-state index in [2.05, 4.69) is 27.4 Å². The summed E-state index contributed by atoms with van der Waals surface area (Å²) in [6.07, 6.45) is 4.90. The fraction of sp³-hybridized carbons (Fsp3) is 0.800. The van der Waals surface area contributed by atoms with Crippen molar-refractivity contribution in [2.45, 2.75) is 71.5 Å². The molecule has 0 unspecified atom stereocenters. The van der Waals surface area contributed by atoms with Crippen LogP contribution in [0.4, 0.5) is 0 Å². The van der Waals surface area contributed by atoms with Crippen molar-refractivity contribution in [3.8, 4) is 0 Å². The van der Waals surface area contributed by atoms with E-state index in [0.29, 0.717) is 13.0 Å². The molecule has 0 saturated carbocycles. The van der Waals surface area contributed by atoms with Crippen LogP contribution in [-0.4, -0.2) is 23.8 Å². The van der Waals surface area contributed by atoms with Gasteiger partial charge in [0.25, 0.3) is 0 Å². The van der Waals surface area contributed by atoms with Crippen molar-refractivity contribution >= 4 is 5.97 Å². The Morgan fingerprint density at radius 1 is 1.17 bits per heavy atom. The van der Waals surface area contributed by atoms with Gasteiger partial charge < -0.3 is 9.47 Å². The smallest absolute Gasteiger partial charge is 0.330 e. The molecule has 0 spiro atoms. The minimum absolute atomic E-state index is 0.0292. The predicted molar refractivity (Wildman–Crippen MR) is 74.5 cm³/mol. The molecule has 0 aliphatic rings. The zero-order valence-electron chi connectivity index (χ0n) is 12.5. The van der Waals surface area contributed by atoms with E-state index in [1.165, 1.54) is 6.08 Å². The summed E-state index contributed by atoms with van der Waals surface area (Å²) in [5.41, 5.74) is -0.537. The normalized spacial score (nSPS) is 12.3. The zero-order chi connectivity index (χ0) is 14.2. The first-order valence-electron chi connectivity index (χ1n) is 6.84. The minimum atomic E-state index is -0.508. The molecular weight excluding hydrogens is 228 g/mol.